The first-order chi connectivity index (χ1) is 46.1. The molecule has 5 amide bonds. The summed E-state index contributed by atoms with van der Waals surface area (Å²) < 4.78 is 115. The number of piperidine rings is 2. The lowest BCUT2D eigenvalue weighted by molar-refractivity contribution is -0.143. The van der Waals surface area contributed by atoms with E-state index < -0.39 is 64.6 Å². The summed E-state index contributed by atoms with van der Waals surface area (Å²) >= 11 is 0. The second-order valence-electron chi connectivity index (χ2n) is 25.5. The van der Waals surface area contributed by atoms with E-state index in [9.17, 15) is 54.7 Å². The summed E-state index contributed by atoms with van der Waals surface area (Å²) in [4.78, 5) is 75.2. The van der Waals surface area contributed by atoms with E-state index in [1.807, 2.05) is 85.9 Å². The van der Waals surface area contributed by atoms with Gasteiger partial charge in [-0.05, 0) is 154 Å². The number of benzene rings is 6. The van der Waals surface area contributed by atoms with Crippen LogP contribution in [0.15, 0.2) is 146 Å². The molecule has 0 bridgehead atoms. The Morgan fingerprint density at radius 3 is 2.03 bits per heavy atom. The van der Waals surface area contributed by atoms with E-state index in [0.717, 1.165) is 84.6 Å². The van der Waals surface area contributed by atoms with Crippen molar-refractivity contribution in [2.45, 2.75) is 106 Å². The maximum Gasteiger partial charge on any atom is 0.416 e. The van der Waals surface area contributed by atoms with Crippen molar-refractivity contribution in [3.63, 3.8) is 0 Å². The number of nitrogens with one attached hydrogen (secondary N) is 3. The summed E-state index contributed by atoms with van der Waals surface area (Å²) in [7, 11) is 3.55. The van der Waals surface area contributed by atoms with Gasteiger partial charge in [-0.1, -0.05) is 91.3 Å². The van der Waals surface area contributed by atoms with E-state index in [1.165, 1.54) is 24.3 Å². The molecule has 3 N–H and O–H groups in total. The van der Waals surface area contributed by atoms with Crippen molar-refractivity contribution in [3.05, 3.63) is 190 Å². The third-order valence-electron chi connectivity index (χ3n) is 19.2. The van der Waals surface area contributed by atoms with Crippen LogP contribution in [-0.2, 0) is 53.6 Å². The van der Waals surface area contributed by atoms with Crippen LogP contribution in [0.25, 0.3) is 11.1 Å². The van der Waals surface area contributed by atoms with Crippen LogP contribution in [-0.4, -0.2) is 166 Å². The standard InChI is InChI=1S/C73H83F7N8O8/c1-84(36-13-35-82-67(91)52-21-27-59(28-22-52)81-34-12-4-7-20-65(89)85(2)42-43-86-37-29-60(30-38-86)96-69(93)83-63-19-11-9-17-61(63)51-14-5-3-6-15-51)66(90)48-94-64-46-53-16-8-10-18-62(53)70(64)31-39-87(40-32-70)41-33-71(55-23-25-58(74)26-24-55)49-88(50-95-71)68(92)54-44-56(72(75,76)77)47-57(45-54)73(78,79)80/h3,5-6,8-11,14-19,21-28,44-45,47,60,64,81H,4,7,12-13,20,29-43,46,48-50H2,1-2H3,(H,82,91)(H,83,93)/t64-,71-/m0/s1. The first-order valence-corrected chi connectivity index (χ1v) is 32.9. The Morgan fingerprint density at radius 2 is 1.32 bits per heavy atom. The predicted octanol–water partition coefficient (Wildman–Crippen LogP) is 12.6. The smallest absolute Gasteiger partial charge is 0.416 e. The molecule has 3 fully saturated rings. The van der Waals surface area contributed by atoms with Gasteiger partial charge in [-0.25, -0.2) is 9.18 Å². The fraction of sp³-hybridized carbons (Fsp3) is 0.438. The zero-order valence-corrected chi connectivity index (χ0v) is 54.1. The number of hydrogen-bond acceptors (Lipinski definition) is 11. The van der Waals surface area contributed by atoms with Crippen LogP contribution in [0, 0.1) is 5.82 Å². The molecule has 2 atom stereocenters. The summed E-state index contributed by atoms with van der Waals surface area (Å²) in [6.45, 7) is 5.23. The molecule has 4 aliphatic rings. The molecule has 6 aromatic carbocycles. The lowest BCUT2D eigenvalue weighted by atomic mass is 9.72. The van der Waals surface area contributed by atoms with Gasteiger partial charge in [0.1, 0.15) is 30.9 Å². The van der Waals surface area contributed by atoms with E-state index in [4.69, 9.17) is 14.2 Å². The van der Waals surface area contributed by atoms with Crippen LogP contribution < -0.4 is 16.0 Å². The molecule has 0 saturated carbocycles. The average Bonchev–Trinajstić information content (AvgIpc) is 1.59. The Kier molecular flexibility index (Phi) is 23.2. The molecule has 6 aromatic rings. The number of carbonyl (C=O) groups is 5. The van der Waals surface area contributed by atoms with Crippen LogP contribution in [0.5, 0.6) is 0 Å². The number of unbranched alkanes of at least 4 members (excludes halogenated alkanes) is 2. The van der Waals surface area contributed by atoms with Crippen LogP contribution in [0.4, 0.5) is 46.9 Å². The van der Waals surface area contributed by atoms with E-state index >= 15 is 0 Å². The molecule has 0 radical (unpaired) electrons. The highest BCUT2D eigenvalue weighted by Gasteiger charge is 2.50. The van der Waals surface area contributed by atoms with Gasteiger partial charge >= 0.3 is 18.4 Å². The predicted molar refractivity (Wildman–Crippen MR) is 350 cm³/mol. The number of halogens is 7. The minimum Gasteiger partial charge on any atom is -0.446 e. The maximum absolute atomic E-state index is 14.2. The Morgan fingerprint density at radius 1 is 0.667 bits per heavy atom. The van der Waals surface area contributed by atoms with Gasteiger partial charge in [0.05, 0.1) is 29.5 Å². The van der Waals surface area contributed by atoms with Crippen molar-refractivity contribution in [1.82, 2.24) is 29.8 Å². The van der Waals surface area contributed by atoms with Gasteiger partial charge in [0.25, 0.3) is 11.8 Å². The number of nitrogens with zero attached hydrogens (tertiary/aromatic N) is 5. The number of amides is 5. The highest BCUT2D eigenvalue weighted by molar-refractivity contribution is 5.95. The third kappa shape index (κ3) is 18.0. The Bertz CT molecular complexity index is 3590. The third-order valence-corrected chi connectivity index (χ3v) is 19.2. The maximum atomic E-state index is 14.2. The first-order valence-electron chi connectivity index (χ1n) is 32.9. The fourth-order valence-electron chi connectivity index (χ4n) is 13.5. The molecule has 1 aliphatic carbocycles. The quantitative estimate of drug-likeness (QED) is 0.0350. The average molecular weight is 1330 g/mol. The van der Waals surface area contributed by atoms with Gasteiger partial charge in [-0.2, -0.15) is 26.3 Å². The minimum absolute atomic E-state index is 0.0295. The van der Waals surface area contributed by atoms with Crippen molar-refractivity contribution >= 4 is 41.1 Å². The number of alkyl halides is 6. The normalized spacial score (nSPS) is 18.2. The van der Waals surface area contributed by atoms with Gasteiger partial charge in [-0.15, -0.1) is 0 Å². The summed E-state index contributed by atoms with van der Waals surface area (Å²) in [5.74, 6) is -1.92. The molecular formula is C73H83F7N8O8. The molecule has 16 nitrogen and oxygen atoms in total. The molecule has 23 heteroatoms. The van der Waals surface area contributed by atoms with Crippen molar-refractivity contribution in [2.75, 3.05) is 110 Å². The molecule has 512 valence electrons. The van der Waals surface area contributed by atoms with E-state index in [0.29, 0.717) is 107 Å². The van der Waals surface area contributed by atoms with Crippen molar-refractivity contribution in [3.8, 4) is 11.1 Å². The van der Waals surface area contributed by atoms with Crippen LogP contribution in [0.1, 0.15) is 113 Å². The van der Waals surface area contributed by atoms with E-state index in [-0.39, 0.29) is 55.6 Å². The van der Waals surface area contributed by atoms with Gasteiger partial charge in [0, 0.05) is 101 Å². The highest BCUT2D eigenvalue weighted by Crippen LogP contribution is 2.48. The second-order valence-corrected chi connectivity index (χ2v) is 25.5. The number of rotatable bonds is 26. The zero-order chi connectivity index (χ0) is 68.0. The summed E-state index contributed by atoms with van der Waals surface area (Å²) in [6.07, 6.45) is -4.05. The SMILES string of the molecule is CN(CCN1CCC(OC(=O)Nc2ccccc2-c2ccccc2)CC1)C(=O)CCCCCNc1ccc(C(=O)NCCCN(C)C(=O)CO[C@H]2Cc3ccccc3C23CCN(CC[C@@]2(c4ccc(F)cc4)CN(C(=O)c4cc(C(F)(F)F)cc(C(F)(F)F)c4)CO2)CC3)cc1. The van der Waals surface area contributed by atoms with Crippen molar-refractivity contribution in [2.24, 2.45) is 0 Å². The van der Waals surface area contributed by atoms with Gasteiger partial charge in [0.15, 0.2) is 0 Å². The number of carbonyl (C=O) groups excluding carboxylic acids is 5. The van der Waals surface area contributed by atoms with Crippen LogP contribution in [0.3, 0.4) is 0 Å². The van der Waals surface area contributed by atoms with Crippen molar-refractivity contribution < 1.29 is 68.9 Å². The summed E-state index contributed by atoms with van der Waals surface area (Å²) in [5, 5.41) is 9.27. The van der Waals surface area contributed by atoms with Gasteiger partial charge in [0.2, 0.25) is 11.8 Å². The number of likely N-dealkylation sites (N-methyl/N-ethyl adjacent to an activating group) is 2. The van der Waals surface area contributed by atoms with Gasteiger partial charge in [-0.3, -0.25) is 24.5 Å². The number of para-hydroxylation sites is 1. The number of hydrogen-bond donors (Lipinski definition) is 3. The molecule has 96 heavy (non-hydrogen) atoms. The number of anilines is 2. The highest BCUT2D eigenvalue weighted by atomic mass is 19.4. The lowest BCUT2D eigenvalue weighted by Crippen LogP contribution is -2.50. The molecule has 0 aromatic heterocycles. The summed E-state index contributed by atoms with van der Waals surface area (Å²) in [6, 6.07) is 39.2. The van der Waals surface area contributed by atoms with E-state index in [1.54, 1.807) is 29.0 Å². The minimum atomic E-state index is -5.15. The molecule has 3 heterocycles. The number of ether oxygens (including phenoxy) is 3. The number of fused-ring (bicyclic) bond motifs is 2. The first kappa shape index (κ1) is 70.4. The largest absolute Gasteiger partial charge is 0.446 e. The number of likely N-dealkylation sites (tertiary alicyclic amines) is 2. The Balaban J connectivity index is 0.596. The lowest BCUT2D eigenvalue weighted by Gasteiger charge is -2.44. The Labute approximate surface area is 555 Å². The molecular weight excluding hydrogens is 1250 g/mol. The molecule has 10 rings (SSSR count). The fourth-order valence-corrected chi connectivity index (χ4v) is 13.5. The van der Waals surface area contributed by atoms with Crippen LogP contribution in [0.2, 0.25) is 0 Å². The molecule has 1 spiro atoms. The Hall–Kier alpha value is -8.38. The monoisotopic (exact) mass is 1330 g/mol. The second kappa shape index (κ2) is 31.7. The molecule has 0 unspecified atom stereocenters. The van der Waals surface area contributed by atoms with E-state index in [2.05, 4.69) is 37.9 Å². The molecule has 3 aliphatic heterocycles. The van der Waals surface area contributed by atoms with Gasteiger partial charge < -0.3 is 49.3 Å². The summed E-state index contributed by atoms with van der Waals surface area (Å²) in [5.41, 5.74) is 1.14. The topological polar surface area (TPSA) is 165 Å². The van der Waals surface area contributed by atoms with Crippen LogP contribution >= 0.6 is 0 Å². The molecule has 3 saturated heterocycles. The zero-order valence-electron chi connectivity index (χ0n) is 54.1. The van der Waals surface area contributed by atoms with Crippen molar-refractivity contribution in [1.29, 1.82) is 0 Å².